The number of benzene rings is 3. The van der Waals surface area contributed by atoms with E-state index in [1.54, 1.807) is 42.5 Å². The van der Waals surface area contributed by atoms with Gasteiger partial charge in [0, 0.05) is 18.2 Å². The van der Waals surface area contributed by atoms with Crippen molar-refractivity contribution in [2.24, 2.45) is 0 Å². The van der Waals surface area contributed by atoms with Crippen molar-refractivity contribution in [1.29, 1.82) is 0 Å². The van der Waals surface area contributed by atoms with Gasteiger partial charge in [-0.15, -0.1) is 0 Å². The van der Waals surface area contributed by atoms with Gasteiger partial charge in [0.2, 0.25) is 5.75 Å². The Bertz CT molecular complexity index is 996. The fourth-order valence-electron chi connectivity index (χ4n) is 2.37. The molecule has 0 atom stereocenters. The van der Waals surface area contributed by atoms with Gasteiger partial charge in [0.25, 0.3) is 5.69 Å². The second kappa shape index (κ2) is 7.92. The van der Waals surface area contributed by atoms with Gasteiger partial charge in [-0.3, -0.25) is 20.2 Å². The molecule has 3 aromatic rings. The van der Waals surface area contributed by atoms with Crippen molar-refractivity contribution in [3.05, 3.63) is 104 Å². The molecule has 0 aliphatic carbocycles. The van der Waals surface area contributed by atoms with Crippen molar-refractivity contribution in [3.63, 3.8) is 0 Å². The zero-order valence-corrected chi connectivity index (χ0v) is 14.0. The first kappa shape index (κ1) is 17.8. The van der Waals surface area contributed by atoms with E-state index < -0.39 is 9.85 Å². The Labute approximate surface area is 154 Å². The zero-order valence-electron chi connectivity index (χ0n) is 14.0. The lowest BCUT2D eigenvalue weighted by Gasteiger charge is -2.06. The maximum Gasteiger partial charge on any atom is 0.311 e. The molecule has 0 bridgehead atoms. The maximum atomic E-state index is 11.0. The average molecular weight is 362 g/mol. The van der Waals surface area contributed by atoms with Crippen LogP contribution in [0.4, 0.5) is 11.4 Å². The summed E-state index contributed by atoms with van der Waals surface area (Å²) in [6.07, 6.45) is 3.69. The summed E-state index contributed by atoms with van der Waals surface area (Å²) in [5, 5.41) is 21.7. The molecule has 0 N–H and O–H groups in total. The van der Waals surface area contributed by atoms with Crippen LogP contribution in [0.25, 0.3) is 12.2 Å². The van der Waals surface area contributed by atoms with Crippen molar-refractivity contribution < 1.29 is 14.6 Å². The Morgan fingerprint density at radius 3 is 1.81 bits per heavy atom. The maximum absolute atomic E-state index is 11.0. The van der Waals surface area contributed by atoms with Crippen molar-refractivity contribution >= 4 is 23.5 Å². The topological polar surface area (TPSA) is 95.5 Å². The number of nitro benzene ring substituents is 2. The Morgan fingerprint density at radius 1 is 0.704 bits per heavy atom. The van der Waals surface area contributed by atoms with E-state index in [1.807, 2.05) is 24.3 Å². The molecule has 7 nitrogen and oxygen atoms in total. The summed E-state index contributed by atoms with van der Waals surface area (Å²) in [5.74, 6) is 0.661. The van der Waals surface area contributed by atoms with E-state index >= 15 is 0 Å². The number of ether oxygens (including phenoxy) is 1. The Balaban J connectivity index is 1.70. The second-order valence-corrected chi connectivity index (χ2v) is 5.58. The van der Waals surface area contributed by atoms with Crippen LogP contribution in [-0.2, 0) is 0 Å². The third-order valence-electron chi connectivity index (χ3n) is 3.74. The number of non-ortho nitro benzene ring substituents is 1. The van der Waals surface area contributed by atoms with Crippen LogP contribution in [0.5, 0.6) is 11.5 Å². The average Bonchev–Trinajstić information content (AvgIpc) is 2.68. The number of para-hydroxylation sites is 2. The summed E-state index contributed by atoms with van der Waals surface area (Å²) in [6.45, 7) is 0. The Kier molecular flexibility index (Phi) is 5.22. The summed E-state index contributed by atoms with van der Waals surface area (Å²) in [7, 11) is 0. The fourth-order valence-corrected chi connectivity index (χ4v) is 2.37. The minimum Gasteiger partial charge on any atom is -0.450 e. The second-order valence-electron chi connectivity index (χ2n) is 5.58. The van der Waals surface area contributed by atoms with Gasteiger partial charge in [0.05, 0.1) is 9.85 Å². The quantitative estimate of drug-likeness (QED) is 0.329. The van der Waals surface area contributed by atoms with Gasteiger partial charge in [0.15, 0.2) is 0 Å². The van der Waals surface area contributed by atoms with E-state index in [-0.39, 0.29) is 17.1 Å². The predicted molar refractivity (Wildman–Crippen MR) is 102 cm³/mol. The lowest BCUT2D eigenvalue weighted by molar-refractivity contribution is -0.385. The summed E-state index contributed by atoms with van der Waals surface area (Å²) < 4.78 is 5.59. The highest BCUT2D eigenvalue weighted by Crippen LogP contribution is 2.30. The first-order chi connectivity index (χ1) is 13.0. The first-order valence-corrected chi connectivity index (χ1v) is 7.97. The van der Waals surface area contributed by atoms with Gasteiger partial charge < -0.3 is 4.74 Å². The molecule has 0 unspecified atom stereocenters. The van der Waals surface area contributed by atoms with Crippen LogP contribution >= 0.6 is 0 Å². The molecule has 0 saturated carbocycles. The van der Waals surface area contributed by atoms with Crippen LogP contribution < -0.4 is 4.74 Å². The lowest BCUT2D eigenvalue weighted by Crippen LogP contribution is -1.92. The number of hydrogen-bond acceptors (Lipinski definition) is 5. The lowest BCUT2D eigenvalue weighted by atomic mass is 10.1. The van der Waals surface area contributed by atoms with Crippen molar-refractivity contribution in [1.82, 2.24) is 0 Å². The number of hydrogen-bond donors (Lipinski definition) is 0. The number of nitro groups is 2. The molecule has 134 valence electrons. The van der Waals surface area contributed by atoms with Gasteiger partial charge in [-0.1, -0.05) is 36.4 Å². The van der Waals surface area contributed by atoms with Crippen LogP contribution in [0.3, 0.4) is 0 Å². The van der Waals surface area contributed by atoms with E-state index in [0.717, 1.165) is 11.1 Å². The van der Waals surface area contributed by atoms with E-state index in [9.17, 15) is 20.2 Å². The van der Waals surface area contributed by atoms with Crippen LogP contribution in [0.2, 0.25) is 0 Å². The van der Waals surface area contributed by atoms with Gasteiger partial charge in [-0.05, 0) is 41.5 Å². The van der Waals surface area contributed by atoms with Crippen LogP contribution in [0.15, 0.2) is 72.8 Å². The predicted octanol–water partition coefficient (Wildman–Crippen LogP) is 5.47. The minimum atomic E-state index is -0.489. The summed E-state index contributed by atoms with van der Waals surface area (Å²) in [5.41, 5.74) is 1.67. The molecule has 0 saturated heterocycles. The zero-order chi connectivity index (χ0) is 19.2. The van der Waals surface area contributed by atoms with Gasteiger partial charge in [-0.2, -0.15) is 0 Å². The van der Waals surface area contributed by atoms with Crippen molar-refractivity contribution in [2.75, 3.05) is 0 Å². The van der Waals surface area contributed by atoms with E-state index in [0.29, 0.717) is 5.75 Å². The Hall–Kier alpha value is -4.00. The molecule has 0 aliphatic heterocycles. The highest BCUT2D eigenvalue weighted by Gasteiger charge is 2.14. The minimum absolute atomic E-state index is 0.0451. The normalized spacial score (nSPS) is 10.7. The summed E-state index contributed by atoms with van der Waals surface area (Å²) in [4.78, 5) is 20.7. The fraction of sp³-hybridized carbons (Fsp3) is 0. The summed E-state index contributed by atoms with van der Waals surface area (Å²) >= 11 is 0. The third-order valence-corrected chi connectivity index (χ3v) is 3.74. The highest BCUT2D eigenvalue weighted by molar-refractivity contribution is 5.70. The van der Waals surface area contributed by atoms with Gasteiger partial charge >= 0.3 is 5.69 Å². The number of nitrogens with zero attached hydrogens (tertiary/aromatic N) is 2. The molecular formula is C20H14N2O5. The standard InChI is InChI=1S/C20H14N2O5/c23-21(24)17-11-7-15(8-12-17)5-6-16-9-13-18(14-10-16)27-20-4-2-1-3-19(20)22(25)26/h1-14H. The van der Waals surface area contributed by atoms with Crippen LogP contribution in [-0.4, -0.2) is 9.85 Å². The molecule has 3 aromatic carbocycles. The summed E-state index contributed by atoms with van der Waals surface area (Å²) in [6, 6.07) is 19.5. The van der Waals surface area contributed by atoms with E-state index in [2.05, 4.69) is 0 Å². The molecular weight excluding hydrogens is 348 g/mol. The van der Waals surface area contributed by atoms with Crippen molar-refractivity contribution in [3.8, 4) is 11.5 Å². The molecule has 27 heavy (non-hydrogen) atoms. The Morgan fingerprint density at radius 2 is 1.26 bits per heavy atom. The van der Waals surface area contributed by atoms with E-state index in [4.69, 9.17) is 4.74 Å². The third kappa shape index (κ3) is 4.55. The highest BCUT2D eigenvalue weighted by atomic mass is 16.6. The van der Waals surface area contributed by atoms with Crippen LogP contribution in [0.1, 0.15) is 11.1 Å². The molecule has 7 heteroatoms. The molecule has 0 aromatic heterocycles. The molecule has 0 amide bonds. The van der Waals surface area contributed by atoms with Gasteiger partial charge in [0.1, 0.15) is 5.75 Å². The first-order valence-electron chi connectivity index (χ1n) is 7.97. The number of rotatable bonds is 6. The van der Waals surface area contributed by atoms with Crippen LogP contribution in [0, 0.1) is 20.2 Å². The molecule has 0 heterocycles. The molecule has 0 spiro atoms. The molecule has 3 rings (SSSR count). The molecule has 0 aliphatic rings. The molecule has 0 radical (unpaired) electrons. The SMILES string of the molecule is O=[N+]([O-])c1ccc(C=Cc2ccc(Oc3ccccc3[N+](=O)[O-])cc2)cc1. The monoisotopic (exact) mass is 362 g/mol. The van der Waals surface area contributed by atoms with E-state index in [1.165, 1.54) is 18.2 Å². The molecule has 0 fully saturated rings. The largest absolute Gasteiger partial charge is 0.450 e. The smallest absolute Gasteiger partial charge is 0.311 e. The van der Waals surface area contributed by atoms with Crippen molar-refractivity contribution in [2.45, 2.75) is 0 Å². The van der Waals surface area contributed by atoms with Gasteiger partial charge in [-0.25, -0.2) is 0 Å².